The summed E-state index contributed by atoms with van der Waals surface area (Å²) in [7, 11) is 1.57. The standard InChI is InChI=1S/C26H31NO5S/c1-16(2)20-9-7-18(5)13-22(20)31-12-11-27-25(28)24(33-26(27)29)15-19-8-10-21(32-17(3)4)23(14-19)30-6/h7-10,13-17H,11-12H2,1-6H3/b24-15-. The molecule has 7 heteroatoms. The summed E-state index contributed by atoms with van der Waals surface area (Å²) >= 11 is 0.933. The van der Waals surface area contributed by atoms with Crippen LogP contribution >= 0.6 is 11.8 Å². The van der Waals surface area contributed by atoms with Gasteiger partial charge in [-0.05, 0) is 79.4 Å². The number of hydrogen-bond acceptors (Lipinski definition) is 6. The Balaban J connectivity index is 1.69. The van der Waals surface area contributed by atoms with Gasteiger partial charge in [-0.25, -0.2) is 0 Å². The van der Waals surface area contributed by atoms with Gasteiger partial charge < -0.3 is 14.2 Å². The molecule has 6 nitrogen and oxygen atoms in total. The summed E-state index contributed by atoms with van der Waals surface area (Å²) in [6, 6.07) is 11.5. The number of nitrogens with zero attached hydrogens (tertiary/aromatic N) is 1. The van der Waals surface area contributed by atoms with Gasteiger partial charge in [0.05, 0.1) is 24.7 Å². The number of hydrogen-bond donors (Lipinski definition) is 0. The van der Waals surface area contributed by atoms with E-state index in [1.165, 1.54) is 4.90 Å². The number of aryl methyl sites for hydroxylation is 1. The van der Waals surface area contributed by atoms with Gasteiger partial charge in [0.1, 0.15) is 12.4 Å². The highest BCUT2D eigenvalue weighted by Crippen LogP contribution is 2.35. The van der Waals surface area contributed by atoms with E-state index >= 15 is 0 Å². The van der Waals surface area contributed by atoms with Gasteiger partial charge in [-0.2, -0.15) is 0 Å². The Morgan fingerprint density at radius 3 is 2.42 bits per heavy atom. The van der Waals surface area contributed by atoms with Crippen LogP contribution in [0.5, 0.6) is 17.2 Å². The van der Waals surface area contributed by atoms with Crippen molar-refractivity contribution in [3.63, 3.8) is 0 Å². The Bertz CT molecular complexity index is 1060. The van der Waals surface area contributed by atoms with E-state index in [1.807, 2.05) is 32.9 Å². The molecular weight excluding hydrogens is 438 g/mol. The van der Waals surface area contributed by atoms with Crippen LogP contribution in [0.1, 0.15) is 50.3 Å². The van der Waals surface area contributed by atoms with Gasteiger partial charge in [0.25, 0.3) is 11.1 Å². The van der Waals surface area contributed by atoms with E-state index < -0.39 is 0 Å². The highest BCUT2D eigenvalue weighted by atomic mass is 32.2. The van der Waals surface area contributed by atoms with Crippen LogP contribution in [0.4, 0.5) is 4.79 Å². The summed E-state index contributed by atoms with van der Waals surface area (Å²) in [6.45, 7) is 10.5. The highest BCUT2D eigenvalue weighted by Gasteiger charge is 2.35. The fourth-order valence-electron chi connectivity index (χ4n) is 3.46. The molecule has 0 saturated carbocycles. The minimum absolute atomic E-state index is 0.0138. The molecule has 1 fully saturated rings. The third-order valence-electron chi connectivity index (χ3n) is 5.09. The molecule has 1 saturated heterocycles. The number of amides is 2. The number of thioether (sulfide) groups is 1. The van der Waals surface area contributed by atoms with Gasteiger partial charge in [0.15, 0.2) is 11.5 Å². The number of imide groups is 1. The SMILES string of the molecule is COc1cc(/C=C2\SC(=O)N(CCOc3cc(C)ccc3C(C)C)C2=O)ccc1OC(C)C. The van der Waals surface area contributed by atoms with Crippen molar-refractivity contribution in [1.29, 1.82) is 0 Å². The smallest absolute Gasteiger partial charge is 0.293 e. The average molecular weight is 470 g/mol. The van der Waals surface area contributed by atoms with Crippen LogP contribution in [0.2, 0.25) is 0 Å². The van der Waals surface area contributed by atoms with Crippen molar-refractivity contribution >= 4 is 29.0 Å². The fourth-order valence-corrected chi connectivity index (χ4v) is 4.32. The van der Waals surface area contributed by atoms with E-state index in [1.54, 1.807) is 25.3 Å². The molecule has 1 aliphatic heterocycles. The second-order valence-corrected chi connectivity index (χ2v) is 9.45. The van der Waals surface area contributed by atoms with E-state index in [0.717, 1.165) is 34.2 Å². The van der Waals surface area contributed by atoms with Crippen LogP contribution in [0.3, 0.4) is 0 Å². The molecule has 176 valence electrons. The molecule has 2 aromatic carbocycles. The molecule has 1 heterocycles. The zero-order chi connectivity index (χ0) is 24.1. The third-order valence-corrected chi connectivity index (χ3v) is 5.99. The molecule has 0 N–H and O–H groups in total. The Kier molecular flexibility index (Phi) is 8.08. The Morgan fingerprint density at radius 1 is 1.00 bits per heavy atom. The van der Waals surface area contributed by atoms with Gasteiger partial charge >= 0.3 is 0 Å². The minimum Gasteiger partial charge on any atom is -0.493 e. The van der Waals surface area contributed by atoms with Crippen LogP contribution < -0.4 is 14.2 Å². The van der Waals surface area contributed by atoms with Crippen molar-refractivity contribution in [1.82, 2.24) is 4.90 Å². The molecule has 0 atom stereocenters. The predicted molar refractivity (Wildman–Crippen MR) is 132 cm³/mol. The Morgan fingerprint density at radius 2 is 1.76 bits per heavy atom. The van der Waals surface area contributed by atoms with Gasteiger partial charge in [-0.1, -0.05) is 32.0 Å². The molecule has 0 aliphatic carbocycles. The van der Waals surface area contributed by atoms with Crippen molar-refractivity contribution in [3.8, 4) is 17.2 Å². The summed E-state index contributed by atoms with van der Waals surface area (Å²) in [4.78, 5) is 26.9. The molecule has 0 radical (unpaired) electrons. The summed E-state index contributed by atoms with van der Waals surface area (Å²) < 4.78 is 17.1. The first-order valence-electron chi connectivity index (χ1n) is 11.0. The van der Waals surface area contributed by atoms with Crippen LogP contribution in [-0.4, -0.2) is 42.4 Å². The topological polar surface area (TPSA) is 65.1 Å². The molecule has 2 aromatic rings. The molecule has 0 unspecified atom stereocenters. The second kappa shape index (κ2) is 10.8. The molecule has 1 aliphatic rings. The van der Waals surface area contributed by atoms with Crippen LogP contribution in [0.25, 0.3) is 6.08 Å². The monoisotopic (exact) mass is 469 g/mol. The van der Waals surface area contributed by atoms with E-state index in [4.69, 9.17) is 14.2 Å². The lowest BCUT2D eigenvalue weighted by Gasteiger charge is -2.17. The van der Waals surface area contributed by atoms with E-state index in [-0.39, 0.29) is 30.4 Å². The summed E-state index contributed by atoms with van der Waals surface area (Å²) in [5.41, 5.74) is 2.96. The molecule has 2 amide bonds. The van der Waals surface area contributed by atoms with Crippen molar-refractivity contribution < 1.29 is 23.8 Å². The number of benzene rings is 2. The first-order valence-corrected chi connectivity index (χ1v) is 11.8. The number of rotatable bonds is 9. The molecule has 0 spiro atoms. The maximum Gasteiger partial charge on any atom is 0.293 e. The zero-order valence-corrected chi connectivity index (χ0v) is 20.8. The lowest BCUT2D eigenvalue weighted by Crippen LogP contribution is -2.32. The fraction of sp³-hybridized carbons (Fsp3) is 0.385. The first-order chi connectivity index (χ1) is 15.7. The van der Waals surface area contributed by atoms with Crippen LogP contribution in [-0.2, 0) is 4.79 Å². The van der Waals surface area contributed by atoms with Gasteiger partial charge in [-0.3, -0.25) is 14.5 Å². The lowest BCUT2D eigenvalue weighted by molar-refractivity contribution is -0.123. The normalized spacial score (nSPS) is 15.2. The number of carbonyl (C=O) groups excluding carboxylic acids is 2. The number of ether oxygens (including phenoxy) is 3. The number of carbonyl (C=O) groups is 2. The Hall–Kier alpha value is -2.93. The van der Waals surface area contributed by atoms with E-state index in [2.05, 4.69) is 26.0 Å². The van der Waals surface area contributed by atoms with Gasteiger partial charge in [0, 0.05) is 0 Å². The second-order valence-electron chi connectivity index (χ2n) is 8.45. The molecule has 0 aromatic heterocycles. The average Bonchev–Trinajstić information content (AvgIpc) is 3.01. The van der Waals surface area contributed by atoms with E-state index in [0.29, 0.717) is 22.3 Å². The summed E-state index contributed by atoms with van der Waals surface area (Å²) in [5.74, 6) is 2.00. The molecular formula is C26H31NO5S. The van der Waals surface area contributed by atoms with Crippen molar-refractivity contribution in [2.75, 3.05) is 20.3 Å². The zero-order valence-electron chi connectivity index (χ0n) is 20.0. The van der Waals surface area contributed by atoms with Crippen molar-refractivity contribution in [2.45, 2.75) is 46.6 Å². The Labute approximate surface area is 199 Å². The maximum absolute atomic E-state index is 12.9. The molecule has 0 bridgehead atoms. The largest absolute Gasteiger partial charge is 0.493 e. The maximum atomic E-state index is 12.9. The quantitative estimate of drug-likeness (QED) is 0.418. The minimum atomic E-state index is -0.316. The molecule has 33 heavy (non-hydrogen) atoms. The summed E-state index contributed by atoms with van der Waals surface area (Å²) in [6.07, 6.45) is 1.71. The third kappa shape index (κ3) is 6.11. The van der Waals surface area contributed by atoms with Gasteiger partial charge in [-0.15, -0.1) is 0 Å². The summed E-state index contributed by atoms with van der Waals surface area (Å²) in [5, 5.41) is -0.296. The van der Waals surface area contributed by atoms with Gasteiger partial charge in [0.2, 0.25) is 0 Å². The van der Waals surface area contributed by atoms with Crippen molar-refractivity contribution in [2.24, 2.45) is 0 Å². The first kappa shape index (κ1) is 24.7. The number of methoxy groups -OCH3 is 1. The lowest BCUT2D eigenvalue weighted by atomic mass is 10.0. The predicted octanol–water partition coefficient (Wildman–Crippen LogP) is 6.03. The highest BCUT2D eigenvalue weighted by molar-refractivity contribution is 8.18. The van der Waals surface area contributed by atoms with Crippen LogP contribution in [0.15, 0.2) is 41.3 Å². The molecule has 3 rings (SSSR count). The van der Waals surface area contributed by atoms with Crippen LogP contribution in [0, 0.1) is 6.92 Å². The van der Waals surface area contributed by atoms with E-state index in [9.17, 15) is 9.59 Å². The van der Waals surface area contributed by atoms with Crippen molar-refractivity contribution in [3.05, 3.63) is 58.0 Å².